The van der Waals surface area contributed by atoms with Crippen LogP contribution in [0.1, 0.15) is 0 Å². The zero-order valence-electron chi connectivity index (χ0n) is 10.8. The van der Waals surface area contributed by atoms with Crippen LogP contribution >= 0.6 is 0 Å². The molecule has 0 aliphatic heterocycles. The summed E-state index contributed by atoms with van der Waals surface area (Å²) in [5.41, 5.74) is 10.7. The number of para-hydroxylation sites is 1. The van der Waals surface area contributed by atoms with E-state index in [1.54, 1.807) is 0 Å². The van der Waals surface area contributed by atoms with Gasteiger partial charge in [0.25, 0.3) is 0 Å². The first-order valence-electron chi connectivity index (χ1n) is 6.59. The largest absolute Gasteiger partial charge is 0.455 e. The highest BCUT2D eigenvalue weighted by Crippen LogP contribution is 2.36. The zero-order chi connectivity index (χ0) is 13.5. The Hall–Kier alpha value is -2.74. The molecule has 0 unspecified atom stereocenters. The average molecular weight is 259 g/mol. The van der Waals surface area contributed by atoms with Gasteiger partial charge in [-0.15, -0.1) is 0 Å². The first-order valence-corrected chi connectivity index (χ1v) is 6.59. The fourth-order valence-corrected chi connectivity index (χ4v) is 2.66. The highest BCUT2D eigenvalue weighted by molar-refractivity contribution is 6.10. The molecule has 0 amide bonds. The van der Waals surface area contributed by atoms with Crippen molar-refractivity contribution in [2.24, 2.45) is 0 Å². The molecule has 0 aliphatic rings. The number of benzene rings is 3. The smallest absolute Gasteiger partial charge is 0.143 e. The number of nitrogens with two attached hydrogens (primary N) is 1. The van der Waals surface area contributed by atoms with Crippen molar-refractivity contribution in [1.29, 1.82) is 0 Å². The molecule has 96 valence electrons. The summed E-state index contributed by atoms with van der Waals surface area (Å²) in [6.07, 6.45) is 0. The summed E-state index contributed by atoms with van der Waals surface area (Å²) in [5.74, 6) is 0. The first kappa shape index (κ1) is 11.1. The number of rotatable bonds is 1. The van der Waals surface area contributed by atoms with Crippen LogP contribution < -0.4 is 5.73 Å². The number of anilines is 1. The van der Waals surface area contributed by atoms with Gasteiger partial charge in [0.2, 0.25) is 0 Å². The second-order valence-electron chi connectivity index (χ2n) is 4.91. The van der Waals surface area contributed by atoms with Gasteiger partial charge in [-0.3, -0.25) is 0 Å². The summed E-state index contributed by atoms with van der Waals surface area (Å²) in [7, 11) is 0. The van der Waals surface area contributed by atoms with E-state index < -0.39 is 0 Å². The number of fused-ring (bicyclic) bond motifs is 3. The molecule has 4 aromatic rings. The van der Waals surface area contributed by atoms with Gasteiger partial charge >= 0.3 is 0 Å². The monoisotopic (exact) mass is 259 g/mol. The molecule has 2 heteroatoms. The van der Waals surface area contributed by atoms with Gasteiger partial charge in [-0.1, -0.05) is 48.5 Å². The van der Waals surface area contributed by atoms with Crippen molar-refractivity contribution in [2.75, 3.05) is 5.73 Å². The maximum Gasteiger partial charge on any atom is 0.143 e. The van der Waals surface area contributed by atoms with Crippen LogP contribution in [-0.4, -0.2) is 0 Å². The van der Waals surface area contributed by atoms with Gasteiger partial charge in [0, 0.05) is 22.0 Å². The molecule has 0 aliphatic carbocycles. The lowest BCUT2D eigenvalue weighted by molar-refractivity contribution is 0.670. The van der Waals surface area contributed by atoms with E-state index in [9.17, 15) is 0 Å². The Morgan fingerprint density at radius 1 is 0.750 bits per heavy atom. The summed E-state index contributed by atoms with van der Waals surface area (Å²) >= 11 is 0. The molecule has 3 aromatic carbocycles. The quantitative estimate of drug-likeness (QED) is 0.497. The second-order valence-corrected chi connectivity index (χ2v) is 4.91. The Bertz CT molecular complexity index is 907. The van der Waals surface area contributed by atoms with Crippen LogP contribution in [0.15, 0.2) is 71.1 Å². The number of hydrogen-bond acceptors (Lipinski definition) is 2. The van der Waals surface area contributed by atoms with Crippen molar-refractivity contribution in [3.8, 4) is 11.1 Å². The fraction of sp³-hybridized carbons (Fsp3) is 0. The lowest BCUT2D eigenvalue weighted by Crippen LogP contribution is -1.81. The van der Waals surface area contributed by atoms with Crippen molar-refractivity contribution in [3.05, 3.63) is 66.7 Å². The summed E-state index contributed by atoms with van der Waals surface area (Å²) in [6, 6.07) is 22.3. The molecular weight excluding hydrogens is 246 g/mol. The summed E-state index contributed by atoms with van der Waals surface area (Å²) in [4.78, 5) is 0. The third kappa shape index (κ3) is 1.58. The van der Waals surface area contributed by atoms with Crippen molar-refractivity contribution in [3.63, 3.8) is 0 Å². The molecule has 0 spiro atoms. The van der Waals surface area contributed by atoms with Gasteiger partial charge in [-0.05, 0) is 23.8 Å². The minimum absolute atomic E-state index is 0.755. The molecule has 0 atom stereocenters. The molecule has 0 bridgehead atoms. The van der Waals surface area contributed by atoms with E-state index in [0.29, 0.717) is 0 Å². The second kappa shape index (κ2) is 4.14. The Morgan fingerprint density at radius 2 is 1.60 bits per heavy atom. The molecule has 20 heavy (non-hydrogen) atoms. The molecule has 2 N–H and O–H groups in total. The Balaban J connectivity index is 2.11. The molecule has 2 nitrogen and oxygen atoms in total. The van der Waals surface area contributed by atoms with Gasteiger partial charge in [0.05, 0.1) is 0 Å². The SMILES string of the molecule is Nc1ccc2oc3c(-c4ccccc4)cccc3c2c1. The average Bonchev–Trinajstić information content (AvgIpc) is 2.86. The fourth-order valence-electron chi connectivity index (χ4n) is 2.66. The lowest BCUT2D eigenvalue weighted by Gasteiger charge is -2.01. The van der Waals surface area contributed by atoms with E-state index in [4.69, 9.17) is 10.2 Å². The summed E-state index contributed by atoms with van der Waals surface area (Å²) in [6.45, 7) is 0. The third-order valence-electron chi connectivity index (χ3n) is 3.61. The van der Waals surface area contributed by atoms with Gasteiger partial charge in [-0.25, -0.2) is 0 Å². The van der Waals surface area contributed by atoms with Crippen LogP contribution in [0.2, 0.25) is 0 Å². The molecular formula is C18H13NO. The topological polar surface area (TPSA) is 39.2 Å². The van der Waals surface area contributed by atoms with Crippen molar-refractivity contribution in [2.45, 2.75) is 0 Å². The Labute approximate surface area is 116 Å². The van der Waals surface area contributed by atoms with Crippen molar-refractivity contribution < 1.29 is 4.42 Å². The van der Waals surface area contributed by atoms with Crippen LogP contribution in [0, 0.1) is 0 Å². The van der Waals surface area contributed by atoms with Crippen molar-refractivity contribution >= 4 is 27.6 Å². The molecule has 0 saturated heterocycles. The van der Waals surface area contributed by atoms with Gasteiger partial charge in [0.15, 0.2) is 0 Å². The Morgan fingerprint density at radius 3 is 2.45 bits per heavy atom. The van der Waals surface area contributed by atoms with Crippen LogP contribution in [-0.2, 0) is 0 Å². The third-order valence-corrected chi connectivity index (χ3v) is 3.61. The summed E-state index contributed by atoms with van der Waals surface area (Å²) in [5, 5.41) is 2.17. The zero-order valence-corrected chi connectivity index (χ0v) is 10.8. The van der Waals surface area contributed by atoms with E-state index in [1.165, 1.54) is 0 Å². The maximum atomic E-state index is 6.04. The van der Waals surface area contributed by atoms with E-state index in [2.05, 4.69) is 30.3 Å². The molecule has 1 heterocycles. The van der Waals surface area contributed by atoms with Gasteiger partial charge < -0.3 is 10.2 Å². The van der Waals surface area contributed by atoms with Gasteiger partial charge in [-0.2, -0.15) is 0 Å². The molecule has 1 aromatic heterocycles. The molecule has 4 rings (SSSR count). The minimum atomic E-state index is 0.755. The number of furan rings is 1. The van der Waals surface area contributed by atoms with Crippen LogP contribution in [0.25, 0.3) is 33.1 Å². The molecule has 0 fully saturated rings. The normalized spacial score (nSPS) is 11.2. The lowest BCUT2D eigenvalue weighted by atomic mass is 10.0. The summed E-state index contributed by atoms with van der Waals surface area (Å²) < 4.78 is 6.04. The van der Waals surface area contributed by atoms with Crippen molar-refractivity contribution in [1.82, 2.24) is 0 Å². The van der Waals surface area contributed by atoms with Crippen LogP contribution in [0.4, 0.5) is 5.69 Å². The van der Waals surface area contributed by atoms with E-state index >= 15 is 0 Å². The maximum absolute atomic E-state index is 6.04. The first-order chi connectivity index (χ1) is 9.83. The number of hydrogen-bond donors (Lipinski definition) is 1. The standard InChI is InChI=1S/C18H13NO/c19-13-9-10-17-16(11-13)15-8-4-7-14(18(15)20-17)12-5-2-1-3-6-12/h1-11H,19H2. The van der Waals surface area contributed by atoms with E-state index in [-0.39, 0.29) is 0 Å². The molecule has 0 radical (unpaired) electrons. The number of nitrogen functional groups attached to an aromatic ring is 1. The van der Waals surface area contributed by atoms with Crippen LogP contribution in [0.5, 0.6) is 0 Å². The predicted molar refractivity (Wildman–Crippen MR) is 83.6 cm³/mol. The predicted octanol–water partition coefficient (Wildman–Crippen LogP) is 4.84. The highest BCUT2D eigenvalue weighted by atomic mass is 16.3. The van der Waals surface area contributed by atoms with E-state index in [0.717, 1.165) is 38.8 Å². The highest BCUT2D eigenvalue weighted by Gasteiger charge is 2.11. The molecule has 0 saturated carbocycles. The van der Waals surface area contributed by atoms with Gasteiger partial charge in [0.1, 0.15) is 11.2 Å². The Kier molecular flexibility index (Phi) is 2.30. The minimum Gasteiger partial charge on any atom is -0.455 e. The van der Waals surface area contributed by atoms with E-state index in [1.807, 2.05) is 36.4 Å². The van der Waals surface area contributed by atoms with Crippen LogP contribution in [0.3, 0.4) is 0 Å².